The summed E-state index contributed by atoms with van der Waals surface area (Å²) in [5.41, 5.74) is 5.70. The van der Waals surface area contributed by atoms with Crippen molar-refractivity contribution in [1.29, 1.82) is 0 Å². The molecule has 0 amide bonds. The lowest BCUT2D eigenvalue weighted by Gasteiger charge is -2.10. The second-order valence-electron chi connectivity index (χ2n) is 8.53. The van der Waals surface area contributed by atoms with Gasteiger partial charge in [0.05, 0.1) is 0 Å². The topological polar surface area (TPSA) is 113 Å². The molecule has 0 rings (SSSR count). The number of esters is 4. The first-order valence-electron chi connectivity index (χ1n) is 12.6. The van der Waals surface area contributed by atoms with Crippen molar-refractivity contribution in [2.75, 3.05) is 0 Å². The van der Waals surface area contributed by atoms with E-state index >= 15 is 0 Å². The predicted octanol–water partition coefficient (Wildman–Crippen LogP) is 5.51. The Morgan fingerprint density at radius 3 is 1.41 bits per heavy atom. The van der Waals surface area contributed by atoms with Crippen LogP contribution in [-0.2, 0) is 28.7 Å². The summed E-state index contributed by atoms with van der Waals surface area (Å²) in [5.74, 6) is -2.70. The number of unbranched alkanes of at least 4 members (excludes halogenated alkanes) is 12. The molecule has 0 bridgehead atoms. The molecule has 0 spiro atoms. The molecule has 0 aliphatic carbocycles. The lowest BCUT2D eigenvalue weighted by Crippen LogP contribution is -2.34. The van der Waals surface area contributed by atoms with Crippen LogP contribution in [0.2, 0.25) is 0 Å². The number of rotatable bonds is 20. The zero-order chi connectivity index (χ0) is 24.0. The van der Waals surface area contributed by atoms with Gasteiger partial charge in [0.2, 0.25) is 0 Å². The van der Waals surface area contributed by atoms with Crippen molar-refractivity contribution >= 4 is 23.9 Å². The van der Waals surface area contributed by atoms with Gasteiger partial charge in [0.1, 0.15) is 6.04 Å². The van der Waals surface area contributed by atoms with Crippen LogP contribution in [-0.4, -0.2) is 29.9 Å². The van der Waals surface area contributed by atoms with E-state index < -0.39 is 29.9 Å². The molecule has 0 radical (unpaired) electrons. The summed E-state index contributed by atoms with van der Waals surface area (Å²) in [6.45, 7) is 4.33. The number of hydrogen-bond donors (Lipinski definition) is 1. The molecule has 32 heavy (non-hydrogen) atoms. The highest BCUT2D eigenvalue weighted by atomic mass is 16.6. The number of carbonyl (C=O) groups excluding carboxylic acids is 4. The highest BCUT2D eigenvalue weighted by molar-refractivity contribution is 5.89. The van der Waals surface area contributed by atoms with Gasteiger partial charge in [-0.2, -0.15) is 0 Å². The molecule has 0 aromatic rings. The molecule has 0 aromatic carbocycles. The molecule has 0 heterocycles. The summed E-state index contributed by atoms with van der Waals surface area (Å²) in [5, 5.41) is 0. The molecular weight excluding hydrogens is 410 g/mol. The summed E-state index contributed by atoms with van der Waals surface area (Å²) < 4.78 is 9.50. The molecule has 0 unspecified atom stereocenters. The van der Waals surface area contributed by atoms with Crippen LogP contribution in [0.25, 0.3) is 0 Å². The van der Waals surface area contributed by atoms with Crippen LogP contribution in [0, 0.1) is 0 Å². The van der Waals surface area contributed by atoms with Crippen molar-refractivity contribution in [3.05, 3.63) is 0 Å². The first-order chi connectivity index (χ1) is 15.4. The molecule has 7 nitrogen and oxygen atoms in total. The highest BCUT2D eigenvalue weighted by Crippen LogP contribution is 2.11. The maximum absolute atomic E-state index is 11.9. The fraction of sp³-hybridized carbons (Fsp3) is 0.840. The highest BCUT2D eigenvalue weighted by Gasteiger charge is 2.21. The molecular formula is C25H45NO6. The van der Waals surface area contributed by atoms with E-state index in [0.29, 0.717) is 12.8 Å². The van der Waals surface area contributed by atoms with Gasteiger partial charge in [-0.05, 0) is 19.3 Å². The van der Waals surface area contributed by atoms with Crippen molar-refractivity contribution in [2.45, 2.75) is 135 Å². The standard InChI is InChI=1S/C25H45NO6/c1-3-5-7-9-11-13-15-17-22(27)31-24(29)20-19-21(26)25(30)32-23(28)18-16-14-12-10-8-6-4-2/h21H,3-20,26H2,1-2H3/t21-/m0/s1. The molecule has 2 N–H and O–H groups in total. The number of nitrogens with two attached hydrogens (primary N) is 1. The van der Waals surface area contributed by atoms with E-state index in [1.54, 1.807) is 0 Å². The third kappa shape index (κ3) is 19.0. The van der Waals surface area contributed by atoms with Gasteiger partial charge >= 0.3 is 23.9 Å². The Hall–Kier alpha value is -1.76. The normalized spacial score (nSPS) is 11.7. The number of ether oxygens (including phenoxy) is 2. The maximum atomic E-state index is 11.9. The van der Waals surface area contributed by atoms with E-state index in [4.69, 9.17) is 15.2 Å². The van der Waals surface area contributed by atoms with Gasteiger partial charge in [-0.25, -0.2) is 4.79 Å². The molecule has 0 aromatic heterocycles. The van der Waals surface area contributed by atoms with Crippen LogP contribution in [0.5, 0.6) is 0 Å². The summed E-state index contributed by atoms with van der Waals surface area (Å²) in [7, 11) is 0. The van der Waals surface area contributed by atoms with Crippen LogP contribution < -0.4 is 5.73 Å². The Bertz CT molecular complexity index is 535. The van der Waals surface area contributed by atoms with Crippen LogP contribution in [0.4, 0.5) is 0 Å². The zero-order valence-electron chi connectivity index (χ0n) is 20.3. The van der Waals surface area contributed by atoms with Crippen LogP contribution in [0.3, 0.4) is 0 Å². The smallest absolute Gasteiger partial charge is 0.330 e. The molecule has 0 saturated heterocycles. The van der Waals surface area contributed by atoms with E-state index in [9.17, 15) is 19.2 Å². The summed E-state index contributed by atoms with van der Waals surface area (Å²) in [6.07, 6.45) is 15.2. The van der Waals surface area contributed by atoms with Gasteiger partial charge in [0.25, 0.3) is 0 Å². The second-order valence-corrected chi connectivity index (χ2v) is 8.53. The molecule has 0 saturated carbocycles. The largest absolute Gasteiger partial charge is 0.393 e. The lowest BCUT2D eigenvalue weighted by atomic mass is 10.1. The maximum Gasteiger partial charge on any atom is 0.330 e. The Morgan fingerprint density at radius 2 is 0.938 bits per heavy atom. The average molecular weight is 456 g/mol. The first-order valence-corrected chi connectivity index (χ1v) is 12.6. The Morgan fingerprint density at radius 1 is 0.562 bits per heavy atom. The molecule has 0 fully saturated rings. The first kappa shape index (κ1) is 30.2. The fourth-order valence-corrected chi connectivity index (χ4v) is 3.31. The number of carbonyl (C=O) groups is 4. The Kier molecular flexibility index (Phi) is 19.9. The minimum absolute atomic E-state index is 0.0346. The SMILES string of the molecule is CCCCCCCCCC(=O)OC(=O)CC[C@H](N)C(=O)OC(=O)CCCCCCCCC. The van der Waals surface area contributed by atoms with Gasteiger partial charge in [0.15, 0.2) is 0 Å². The minimum atomic E-state index is -1.10. The van der Waals surface area contributed by atoms with Crippen LogP contribution >= 0.6 is 0 Å². The van der Waals surface area contributed by atoms with Crippen molar-refractivity contribution in [3.63, 3.8) is 0 Å². The van der Waals surface area contributed by atoms with Crippen molar-refractivity contribution in [2.24, 2.45) is 5.73 Å². The van der Waals surface area contributed by atoms with E-state index in [1.165, 1.54) is 38.5 Å². The second kappa shape index (κ2) is 21.1. The van der Waals surface area contributed by atoms with E-state index in [-0.39, 0.29) is 25.7 Å². The van der Waals surface area contributed by atoms with Crippen molar-refractivity contribution < 1.29 is 28.7 Å². The molecule has 0 aliphatic heterocycles. The molecule has 0 aliphatic rings. The monoisotopic (exact) mass is 455 g/mol. The quantitative estimate of drug-likeness (QED) is 0.146. The van der Waals surface area contributed by atoms with Crippen molar-refractivity contribution in [3.8, 4) is 0 Å². The average Bonchev–Trinajstić information content (AvgIpc) is 2.76. The Labute approximate surface area is 194 Å². The van der Waals surface area contributed by atoms with Crippen LogP contribution in [0.15, 0.2) is 0 Å². The summed E-state index contributed by atoms with van der Waals surface area (Å²) in [6, 6.07) is -1.10. The van der Waals surface area contributed by atoms with E-state index in [0.717, 1.165) is 38.5 Å². The third-order valence-electron chi connectivity index (χ3n) is 5.37. The van der Waals surface area contributed by atoms with Gasteiger partial charge in [-0.1, -0.05) is 90.9 Å². The van der Waals surface area contributed by atoms with Gasteiger partial charge in [-0.3, -0.25) is 14.4 Å². The van der Waals surface area contributed by atoms with Gasteiger partial charge < -0.3 is 15.2 Å². The molecule has 1 atom stereocenters. The molecule has 7 heteroatoms. The Balaban J connectivity index is 3.80. The predicted molar refractivity (Wildman–Crippen MR) is 125 cm³/mol. The summed E-state index contributed by atoms with van der Waals surface area (Å²) >= 11 is 0. The molecule has 186 valence electrons. The number of hydrogen-bond acceptors (Lipinski definition) is 7. The van der Waals surface area contributed by atoms with Crippen molar-refractivity contribution in [1.82, 2.24) is 0 Å². The fourth-order valence-electron chi connectivity index (χ4n) is 3.31. The summed E-state index contributed by atoms with van der Waals surface area (Å²) in [4.78, 5) is 47.1. The van der Waals surface area contributed by atoms with E-state index in [1.807, 2.05) is 0 Å². The van der Waals surface area contributed by atoms with Crippen LogP contribution in [0.1, 0.15) is 129 Å². The third-order valence-corrected chi connectivity index (χ3v) is 5.37. The van der Waals surface area contributed by atoms with Gasteiger partial charge in [0, 0.05) is 19.3 Å². The van der Waals surface area contributed by atoms with Gasteiger partial charge in [-0.15, -0.1) is 0 Å². The van der Waals surface area contributed by atoms with E-state index in [2.05, 4.69) is 13.8 Å². The lowest BCUT2D eigenvalue weighted by molar-refractivity contribution is -0.160. The minimum Gasteiger partial charge on any atom is -0.393 e. The zero-order valence-corrected chi connectivity index (χ0v) is 20.3.